The number of imidazole rings is 1. The summed E-state index contributed by atoms with van der Waals surface area (Å²) in [4.78, 5) is 23.8. The number of H-pyrrole nitrogens is 1. The van der Waals surface area contributed by atoms with Gasteiger partial charge in [0, 0.05) is 36.7 Å². The van der Waals surface area contributed by atoms with Crippen molar-refractivity contribution in [2.75, 3.05) is 0 Å². The maximum atomic E-state index is 12.6. The molecule has 1 aliphatic rings. The molecule has 0 aliphatic heterocycles. The van der Waals surface area contributed by atoms with E-state index in [-0.39, 0.29) is 11.9 Å². The van der Waals surface area contributed by atoms with Gasteiger partial charge in [-0.15, -0.1) is 0 Å². The molecule has 3 aromatic heterocycles. The summed E-state index contributed by atoms with van der Waals surface area (Å²) in [5.41, 5.74) is 1.26. The van der Waals surface area contributed by atoms with Crippen LogP contribution in [-0.2, 0) is 6.54 Å². The average Bonchev–Trinajstić information content (AvgIpc) is 3.29. The Bertz CT molecular complexity index is 842. The van der Waals surface area contributed by atoms with E-state index in [0.29, 0.717) is 23.5 Å². The van der Waals surface area contributed by atoms with Crippen molar-refractivity contribution in [3.63, 3.8) is 0 Å². The normalized spacial score (nSPS) is 23.6. The lowest BCUT2D eigenvalue weighted by atomic mass is 10.1. The largest absolute Gasteiger partial charge is 0.391 e. The smallest absolute Gasteiger partial charge is 0.252 e. The predicted octanol–water partition coefficient (Wildman–Crippen LogP) is 1.33. The van der Waals surface area contributed by atoms with Crippen molar-refractivity contribution in [2.45, 2.75) is 31.5 Å². The molecular formula is C17H19N5O2. The Morgan fingerprint density at radius 2 is 2.29 bits per heavy atom. The minimum absolute atomic E-state index is 0.172. The summed E-state index contributed by atoms with van der Waals surface area (Å²) < 4.78 is 2.01. The summed E-state index contributed by atoms with van der Waals surface area (Å²) in [6.07, 6.45) is 9.73. The van der Waals surface area contributed by atoms with Crippen LogP contribution in [0.1, 0.15) is 23.2 Å². The Morgan fingerprint density at radius 1 is 1.38 bits per heavy atom. The van der Waals surface area contributed by atoms with Gasteiger partial charge in [0.1, 0.15) is 5.65 Å². The van der Waals surface area contributed by atoms with Gasteiger partial charge in [0.2, 0.25) is 0 Å². The zero-order valence-electron chi connectivity index (χ0n) is 13.1. The number of pyridine rings is 1. The molecular weight excluding hydrogens is 306 g/mol. The third-order valence-corrected chi connectivity index (χ3v) is 4.68. The van der Waals surface area contributed by atoms with E-state index in [0.717, 1.165) is 18.4 Å². The van der Waals surface area contributed by atoms with Crippen molar-refractivity contribution >= 4 is 16.9 Å². The molecule has 1 aliphatic carbocycles. The molecule has 3 heterocycles. The second-order valence-electron chi connectivity index (χ2n) is 6.34. The zero-order valence-corrected chi connectivity index (χ0v) is 13.1. The highest BCUT2D eigenvalue weighted by Gasteiger charge is 2.34. The summed E-state index contributed by atoms with van der Waals surface area (Å²) in [6, 6.07) is 3.31. The van der Waals surface area contributed by atoms with E-state index in [4.69, 9.17) is 0 Å². The minimum atomic E-state index is -0.522. The maximum Gasteiger partial charge on any atom is 0.252 e. The molecule has 0 radical (unpaired) electrons. The summed E-state index contributed by atoms with van der Waals surface area (Å²) in [5.74, 6) is 0.151. The number of nitrogens with zero attached hydrogens (tertiary/aromatic N) is 3. The number of fused-ring (bicyclic) bond motifs is 1. The Kier molecular flexibility index (Phi) is 3.78. The summed E-state index contributed by atoms with van der Waals surface area (Å²) in [5, 5.41) is 14.1. The minimum Gasteiger partial charge on any atom is -0.391 e. The van der Waals surface area contributed by atoms with Gasteiger partial charge in [0.05, 0.1) is 24.0 Å². The molecule has 3 aromatic rings. The first-order valence-corrected chi connectivity index (χ1v) is 8.07. The predicted molar refractivity (Wildman–Crippen MR) is 88.3 cm³/mol. The SMILES string of the molecule is O=C(N[C@@H]1CC(Cn2ccnc2)C[C@H]1O)c1ccnc2[nH]ccc12. The highest BCUT2D eigenvalue weighted by molar-refractivity contribution is 6.05. The highest BCUT2D eigenvalue weighted by atomic mass is 16.3. The molecule has 1 fully saturated rings. The molecule has 7 nitrogen and oxygen atoms in total. The van der Waals surface area contributed by atoms with Crippen molar-refractivity contribution < 1.29 is 9.90 Å². The molecule has 124 valence electrons. The van der Waals surface area contributed by atoms with Crippen LogP contribution in [0.25, 0.3) is 11.0 Å². The van der Waals surface area contributed by atoms with Crippen LogP contribution in [0.4, 0.5) is 0 Å². The quantitative estimate of drug-likeness (QED) is 0.674. The Labute approximate surface area is 138 Å². The van der Waals surface area contributed by atoms with Crippen LogP contribution in [-0.4, -0.2) is 42.7 Å². The van der Waals surface area contributed by atoms with Crippen molar-refractivity contribution in [3.8, 4) is 0 Å². The van der Waals surface area contributed by atoms with Crippen LogP contribution < -0.4 is 5.32 Å². The number of carbonyl (C=O) groups is 1. The van der Waals surface area contributed by atoms with Crippen LogP contribution in [0, 0.1) is 5.92 Å². The number of nitrogens with one attached hydrogen (secondary N) is 2. The molecule has 1 amide bonds. The average molecular weight is 325 g/mol. The number of hydrogen-bond acceptors (Lipinski definition) is 4. The van der Waals surface area contributed by atoms with Gasteiger partial charge in [0.25, 0.3) is 5.91 Å². The molecule has 3 atom stereocenters. The molecule has 24 heavy (non-hydrogen) atoms. The third-order valence-electron chi connectivity index (χ3n) is 4.68. The zero-order chi connectivity index (χ0) is 16.5. The second-order valence-corrected chi connectivity index (χ2v) is 6.34. The van der Waals surface area contributed by atoms with E-state index < -0.39 is 6.10 Å². The number of amides is 1. The van der Waals surface area contributed by atoms with Gasteiger partial charge in [-0.2, -0.15) is 0 Å². The van der Waals surface area contributed by atoms with Gasteiger partial charge in [0.15, 0.2) is 0 Å². The highest BCUT2D eigenvalue weighted by Crippen LogP contribution is 2.28. The van der Waals surface area contributed by atoms with Gasteiger partial charge in [-0.3, -0.25) is 4.79 Å². The van der Waals surface area contributed by atoms with Crippen molar-refractivity contribution in [1.29, 1.82) is 0 Å². The number of carbonyl (C=O) groups excluding carboxylic acids is 1. The van der Waals surface area contributed by atoms with Crippen LogP contribution in [0.2, 0.25) is 0 Å². The molecule has 7 heteroatoms. The Morgan fingerprint density at radius 3 is 3.12 bits per heavy atom. The first-order chi connectivity index (χ1) is 11.7. The number of hydrogen-bond donors (Lipinski definition) is 3. The van der Waals surface area contributed by atoms with Gasteiger partial charge < -0.3 is 20.0 Å². The van der Waals surface area contributed by atoms with Gasteiger partial charge >= 0.3 is 0 Å². The molecule has 0 saturated heterocycles. The van der Waals surface area contributed by atoms with Gasteiger partial charge in [-0.1, -0.05) is 0 Å². The number of aromatic nitrogens is 4. The third kappa shape index (κ3) is 2.78. The Balaban J connectivity index is 1.45. The van der Waals surface area contributed by atoms with Crippen molar-refractivity contribution in [1.82, 2.24) is 24.8 Å². The van der Waals surface area contributed by atoms with E-state index in [9.17, 15) is 9.90 Å². The molecule has 0 spiro atoms. The monoisotopic (exact) mass is 325 g/mol. The van der Waals surface area contributed by atoms with Crippen molar-refractivity contribution in [3.05, 3.63) is 48.8 Å². The van der Waals surface area contributed by atoms with Crippen LogP contribution in [0.15, 0.2) is 43.2 Å². The second kappa shape index (κ2) is 6.09. The number of aliphatic hydroxyl groups excluding tert-OH is 1. The van der Waals surface area contributed by atoms with E-state index in [1.807, 2.05) is 16.8 Å². The first-order valence-electron chi connectivity index (χ1n) is 8.07. The number of aliphatic hydroxyl groups is 1. The van der Waals surface area contributed by atoms with Crippen LogP contribution >= 0.6 is 0 Å². The lowest BCUT2D eigenvalue weighted by Crippen LogP contribution is -2.40. The molecule has 4 rings (SSSR count). The fourth-order valence-electron chi connectivity index (χ4n) is 3.52. The molecule has 1 unspecified atom stereocenters. The van der Waals surface area contributed by atoms with Gasteiger partial charge in [-0.25, -0.2) is 9.97 Å². The fourth-order valence-corrected chi connectivity index (χ4v) is 3.52. The summed E-state index contributed by atoms with van der Waals surface area (Å²) in [6.45, 7) is 0.806. The molecule has 0 aromatic carbocycles. The van der Waals surface area contributed by atoms with E-state index >= 15 is 0 Å². The van der Waals surface area contributed by atoms with Crippen LogP contribution in [0.5, 0.6) is 0 Å². The number of aromatic amines is 1. The number of rotatable bonds is 4. The van der Waals surface area contributed by atoms with Gasteiger partial charge in [-0.05, 0) is 30.9 Å². The summed E-state index contributed by atoms with van der Waals surface area (Å²) in [7, 11) is 0. The molecule has 3 N–H and O–H groups in total. The molecule has 1 saturated carbocycles. The lowest BCUT2D eigenvalue weighted by molar-refractivity contribution is 0.0874. The Hall–Kier alpha value is -2.67. The van der Waals surface area contributed by atoms with Crippen molar-refractivity contribution in [2.24, 2.45) is 5.92 Å². The van der Waals surface area contributed by atoms with Crippen LogP contribution in [0.3, 0.4) is 0 Å². The van der Waals surface area contributed by atoms with E-state index in [2.05, 4.69) is 20.3 Å². The topological polar surface area (TPSA) is 95.8 Å². The maximum absolute atomic E-state index is 12.6. The van der Waals surface area contributed by atoms with E-state index in [1.165, 1.54) is 0 Å². The summed E-state index contributed by atoms with van der Waals surface area (Å²) >= 11 is 0. The standard InChI is InChI=1S/C17H19N5O2/c23-15-8-11(9-22-6-5-18-10-22)7-14(15)21-17(24)13-2-4-20-16-12(13)1-3-19-16/h1-6,10-11,14-15,23H,7-9H2,(H,19,20)(H,21,24)/t11?,14-,15-/m1/s1. The lowest BCUT2D eigenvalue weighted by Gasteiger charge is -2.16. The molecule has 0 bridgehead atoms. The van der Waals surface area contributed by atoms with E-state index in [1.54, 1.807) is 31.0 Å². The fraction of sp³-hybridized carbons (Fsp3) is 0.353. The first kappa shape index (κ1) is 14.9.